The fraction of sp³-hybridized carbons (Fsp3) is 0.947. The second kappa shape index (κ2) is 9.60. The van der Waals surface area contributed by atoms with Crippen LogP contribution in [0.15, 0.2) is 0 Å². The van der Waals surface area contributed by atoms with Crippen molar-refractivity contribution in [3.8, 4) is 0 Å². The molecule has 232 valence electrons. The van der Waals surface area contributed by atoms with Gasteiger partial charge in [0.05, 0.1) is 6.10 Å². The lowest BCUT2D eigenvalue weighted by Crippen LogP contribution is -2.68. The molecule has 5 aliphatic rings. The molecule has 40 heavy (non-hydrogen) atoms. The molecule has 4 bridgehead atoms. The highest BCUT2D eigenvalue weighted by Crippen LogP contribution is 2.58. The molecule has 21 heteroatoms. The summed E-state index contributed by atoms with van der Waals surface area (Å²) in [6.45, 7) is -1.16. The summed E-state index contributed by atoms with van der Waals surface area (Å²) in [7, 11) is -20.8. The van der Waals surface area contributed by atoms with Crippen molar-refractivity contribution < 1.29 is 69.4 Å². The molecular weight excluding hydrogens is 632 g/mol. The van der Waals surface area contributed by atoms with Crippen molar-refractivity contribution in [2.75, 3.05) is 6.54 Å². The summed E-state index contributed by atoms with van der Waals surface area (Å²) in [5.41, 5.74) is 0. The maximum Gasteiger partial charge on any atom is 0.432 e. The molecule has 5 fully saturated rings. The Hall–Kier alpha value is -1.32. The first-order valence-electron chi connectivity index (χ1n) is 12.0. The Labute approximate surface area is 224 Å². The zero-order valence-corrected chi connectivity index (χ0v) is 22.6. The average Bonchev–Trinajstić information content (AvgIpc) is 2.79. The summed E-state index contributed by atoms with van der Waals surface area (Å²) in [6.07, 6.45) is 0.189. The minimum absolute atomic E-state index is 0.0825. The van der Waals surface area contributed by atoms with Gasteiger partial charge in [-0.3, -0.25) is 8.98 Å². The summed E-state index contributed by atoms with van der Waals surface area (Å²) in [4.78, 5) is 11.7. The summed E-state index contributed by atoms with van der Waals surface area (Å²) < 4.78 is 193. The second-order valence-corrected chi connectivity index (χ2v) is 15.6. The van der Waals surface area contributed by atoms with Crippen LogP contribution < -0.4 is 0 Å². The van der Waals surface area contributed by atoms with Gasteiger partial charge in [-0.1, -0.05) is 0 Å². The topological polar surface area (TPSA) is 146 Å². The van der Waals surface area contributed by atoms with Gasteiger partial charge in [-0.2, -0.15) is 43.5 Å². The van der Waals surface area contributed by atoms with Gasteiger partial charge in [0.1, 0.15) is 0 Å². The lowest BCUT2D eigenvalue weighted by atomic mass is 9.55. The molecule has 0 radical (unpaired) electrons. The van der Waals surface area contributed by atoms with Crippen molar-refractivity contribution in [1.82, 2.24) is 4.31 Å². The van der Waals surface area contributed by atoms with Crippen molar-refractivity contribution in [2.24, 2.45) is 23.7 Å². The molecule has 0 spiro atoms. The lowest BCUT2D eigenvalue weighted by molar-refractivity contribution is -0.326. The van der Waals surface area contributed by atoms with Gasteiger partial charge in [-0.15, -0.1) is 0 Å². The Bertz CT molecular complexity index is 1340. The number of hydrogen-bond donors (Lipinski definition) is 0. The van der Waals surface area contributed by atoms with Gasteiger partial charge in [0.25, 0.3) is 0 Å². The molecule has 0 aromatic rings. The van der Waals surface area contributed by atoms with Crippen LogP contribution in [0.25, 0.3) is 4.13 Å². The number of rotatable bonds is 10. The molecule has 1 heterocycles. The van der Waals surface area contributed by atoms with Crippen molar-refractivity contribution in [3.63, 3.8) is 0 Å². The van der Waals surface area contributed by atoms with Crippen LogP contribution in [0.4, 0.5) is 35.1 Å². The van der Waals surface area contributed by atoms with Gasteiger partial charge < -0.3 is 4.13 Å². The Balaban J connectivity index is 1.59. The SMILES string of the molecule is O=C1CCCCN1S(=O)(=O)C(F)(F)C(F)(F)C(F)(F)C(F)(F)S(=O)(=O)[N-]S(=O)(=O)OC1C2CC3CC(C2)CC1C3. The van der Waals surface area contributed by atoms with Crippen LogP contribution in [0.5, 0.6) is 0 Å². The van der Waals surface area contributed by atoms with Crippen LogP contribution in [-0.4, -0.2) is 70.5 Å². The Morgan fingerprint density at radius 1 is 0.725 bits per heavy atom. The summed E-state index contributed by atoms with van der Waals surface area (Å²) in [5.74, 6) is -17.7. The molecule has 4 saturated carbocycles. The fourth-order valence-corrected chi connectivity index (χ4v) is 10.2. The van der Waals surface area contributed by atoms with Crippen LogP contribution in [-0.2, 0) is 39.3 Å². The summed E-state index contributed by atoms with van der Waals surface area (Å²) in [6, 6.07) is 0. The predicted molar refractivity (Wildman–Crippen MR) is 117 cm³/mol. The maximum absolute atomic E-state index is 14.5. The van der Waals surface area contributed by atoms with Crippen LogP contribution in [0.2, 0.25) is 0 Å². The highest BCUT2D eigenvalue weighted by molar-refractivity contribution is 8.10. The van der Waals surface area contributed by atoms with Crippen molar-refractivity contribution in [1.29, 1.82) is 0 Å². The van der Waals surface area contributed by atoms with Crippen LogP contribution >= 0.6 is 0 Å². The van der Waals surface area contributed by atoms with Gasteiger partial charge in [-0.25, -0.2) is 21.1 Å². The van der Waals surface area contributed by atoms with Gasteiger partial charge in [0, 0.05) is 13.0 Å². The number of piperidine rings is 1. The number of halogens is 8. The zero-order chi connectivity index (χ0) is 30.3. The average molecular weight is 656 g/mol. The van der Waals surface area contributed by atoms with E-state index in [2.05, 4.69) is 4.18 Å². The van der Waals surface area contributed by atoms with Crippen molar-refractivity contribution >= 4 is 36.3 Å². The third-order valence-corrected chi connectivity index (χ3v) is 12.7. The Morgan fingerprint density at radius 2 is 1.20 bits per heavy atom. The number of nitrogens with zero attached hydrogens (tertiary/aromatic N) is 2. The van der Waals surface area contributed by atoms with E-state index < -0.39 is 93.8 Å². The quantitative estimate of drug-likeness (QED) is 0.325. The van der Waals surface area contributed by atoms with E-state index in [-0.39, 0.29) is 24.7 Å². The molecule has 10 nitrogen and oxygen atoms in total. The Morgan fingerprint density at radius 3 is 1.68 bits per heavy atom. The van der Waals surface area contributed by atoms with Gasteiger partial charge in [-0.05, 0) is 68.6 Å². The molecule has 0 unspecified atom stereocenters. The van der Waals surface area contributed by atoms with Crippen LogP contribution in [0.1, 0.15) is 51.4 Å². The molecule has 0 aromatic carbocycles. The first-order valence-corrected chi connectivity index (χ1v) is 16.2. The standard InChI is InChI=1S/C19H23F8N2O8S3/c20-16(21,17(22,23)19(26,27)39(33,34)29-4-2-1-3-14(29)30)18(24,25)38(31,32)28-40(35,36)37-15-12-6-10-5-11(8-12)9-13(15)7-10/h10-13,15H,1-9H2/q-1. The fourth-order valence-electron chi connectivity index (χ4n) is 6.22. The van der Waals surface area contributed by atoms with E-state index in [4.69, 9.17) is 0 Å². The highest BCUT2D eigenvalue weighted by atomic mass is 32.3. The first kappa shape index (κ1) is 31.6. The first-order chi connectivity index (χ1) is 18.0. The summed E-state index contributed by atoms with van der Waals surface area (Å²) in [5, 5.41) is -14.6. The second-order valence-electron chi connectivity index (χ2n) is 10.6. The number of carbonyl (C=O) groups is 1. The van der Waals surface area contributed by atoms with Crippen LogP contribution in [0.3, 0.4) is 0 Å². The molecule has 4 aliphatic carbocycles. The van der Waals surface area contributed by atoms with E-state index in [0.717, 1.165) is 6.42 Å². The zero-order valence-electron chi connectivity index (χ0n) is 20.2. The third kappa shape index (κ3) is 4.70. The van der Waals surface area contributed by atoms with E-state index in [0.29, 0.717) is 25.7 Å². The minimum Gasteiger partial charge on any atom is -0.406 e. The third-order valence-electron chi connectivity index (χ3n) is 7.91. The number of alkyl halides is 8. The maximum atomic E-state index is 14.5. The molecular formula is C19H23F8N2O8S3-. The lowest BCUT2D eigenvalue weighted by Gasteiger charge is -2.53. The predicted octanol–water partition coefficient (Wildman–Crippen LogP) is 3.57. The van der Waals surface area contributed by atoms with Gasteiger partial charge >= 0.3 is 32.4 Å². The van der Waals surface area contributed by atoms with Crippen molar-refractivity contribution in [3.05, 3.63) is 4.13 Å². The monoisotopic (exact) mass is 655 g/mol. The van der Waals surface area contributed by atoms with E-state index >= 15 is 0 Å². The smallest absolute Gasteiger partial charge is 0.406 e. The minimum atomic E-state index is -7.77. The van der Waals surface area contributed by atoms with Gasteiger partial charge in [0.2, 0.25) is 16.2 Å². The summed E-state index contributed by atoms with van der Waals surface area (Å²) >= 11 is 0. The molecule has 1 saturated heterocycles. The molecule has 1 amide bonds. The largest absolute Gasteiger partial charge is 0.432 e. The normalized spacial score (nSPS) is 30.6. The number of sulfonamides is 2. The van der Waals surface area contributed by atoms with Crippen LogP contribution in [0, 0.1) is 23.7 Å². The van der Waals surface area contributed by atoms with E-state index in [1.54, 1.807) is 4.13 Å². The number of amides is 1. The molecule has 0 aromatic heterocycles. The molecule has 1 aliphatic heterocycles. The van der Waals surface area contributed by atoms with E-state index in [1.165, 1.54) is 0 Å². The highest BCUT2D eigenvalue weighted by Gasteiger charge is 2.87. The molecule has 5 rings (SSSR count). The Kier molecular flexibility index (Phi) is 7.58. The van der Waals surface area contributed by atoms with Crippen molar-refractivity contribution in [2.45, 2.75) is 79.8 Å². The number of carbonyl (C=O) groups excluding carboxylic acids is 1. The number of hydrogen-bond acceptors (Lipinski definition) is 8. The molecule has 0 N–H and O–H groups in total. The van der Waals surface area contributed by atoms with E-state index in [9.17, 15) is 65.2 Å². The molecule has 0 atom stereocenters. The van der Waals surface area contributed by atoms with E-state index in [1.807, 2.05) is 0 Å². The van der Waals surface area contributed by atoms with Gasteiger partial charge in [0.15, 0.2) is 10.0 Å².